The topological polar surface area (TPSA) is 331 Å². The molecule has 1 aliphatic carbocycles. The summed E-state index contributed by atoms with van der Waals surface area (Å²) in [5.74, 6) is -5.54. The standard InChI is InChI=1S/C38H69NO13.C21H24FN3O4.C10H24N2O2/c1-15-26-38(10,45)31(42)21(4)28(40)19(2)17-37(9,47-14)33(52-35-29(41)25(39(11)12)16-20(3)48-35)22(5)30(23(6)34(44)50-26)51-27-18-36(8,46-13)32(43)24(7)49-27;1-29-20-17-13(19(26)14(21(27)28)9-25(17)12-4-5-12)7-15(22)18(20)24-8-11-3-2-6-23-16(11)10-24;1-3-9(7-13)11-5-6-12-10(4-2)8-14/h19-27,29-33,35,41-43,45H,15-18H2,1-14H3;7,9,11-12,16,23H,2-6,8,10H2,1H3,(H,27,28);9-14H,3-8H2,1-2H3/t19-,20-,21+,22+,23-,24+,25+,26-,27+,29-,30+,31-,32+,33-,35+,36-,37-,38-;11-,16+;9-,10-/m100/s1. The summed E-state index contributed by atoms with van der Waals surface area (Å²) in [6, 6.07) is 1.73. The van der Waals surface area contributed by atoms with Gasteiger partial charge in [0.25, 0.3) is 0 Å². The van der Waals surface area contributed by atoms with E-state index in [0.717, 1.165) is 64.7 Å². The number of nitrogens with zero attached hydrogens (tertiary/aromatic N) is 3. The first-order valence-electron chi connectivity index (χ1n) is 34.5. The van der Waals surface area contributed by atoms with Crippen LogP contribution in [0.25, 0.3) is 10.9 Å². The molecule has 6 fully saturated rings. The number of halogens is 1. The highest BCUT2D eigenvalue weighted by Crippen LogP contribution is 2.46. The molecule has 1 saturated carbocycles. The molecule has 1 aromatic heterocycles. The zero-order valence-corrected chi connectivity index (χ0v) is 59.5. The summed E-state index contributed by atoms with van der Waals surface area (Å²) in [5, 5.41) is 82.8. The van der Waals surface area contributed by atoms with Gasteiger partial charge >= 0.3 is 11.9 Å². The first kappa shape index (κ1) is 79.9. The second kappa shape index (κ2) is 34.8. The van der Waals surface area contributed by atoms with Crippen molar-refractivity contribution in [2.75, 3.05) is 86.3 Å². The molecule has 10 N–H and O–H groups in total. The predicted octanol–water partition coefficient (Wildman–Crippen LogP) is 4.52. The SMILES string of the molecule is CC[C@@H](CO)NCCN[C@@H](CC)CO.CC[C@H]1OC(=O)[C@H](C)[C@@H](O[C@H]2C[C@@](C)(OC)[C@@H](O)[C@H](C)O2)[C@H](C)[C@@H](O[C@@H]2O[C@H](C)C[C@H](N(C)C)[C@H]2O)[C@](C)(OC)C[C@@H](C)C(=O)[C@H](C)[C@@H](O)[C@]1(C)O.COc1c(N2C[C@@H]3CCCN[C@@H]3C2)c(F)cc2c(=O)c(C(=O)O)cn(C3CC3)c12. The van der Waals surface area contributed by atoms with E-state index < -0.39 is 119 Å². The van der Waals surface area contributed by atoms with Crippen LogP contribution >= 0.6 is 0 Å². The van der Waals surface area contributed by atoms with Gasteiger partial charge in [0.1, 0.15) is 40.9 Å². The molecule has 0 radical (unpaired) electrons. The second-order valence-corrected chi connectivity index (χ2v) is 28.4. The third-order valence-electron chi connectivity index (χ3n) is 21.2. The Kier molecular flexibility index (Phi) is 29.3. The third kappa shape index (κ3) is 18.7. The molecule has 22 atom stereocenters. The number of benzene rings is 1. The number of carbonyl (C=O) groups excluding carboxylic acids is 2. The fourth-order valence-corrected chi connectivity index (χ4v) is 14.8. The number of rotatable bonds is 21. The molecule has 0 bridgehead atoms. The highest BCUT2D eigenvalue weighted by Gasteiger charge is 2.54. The molecule has 1 aromatic carbocycles. The van der Waals surface area contributed by atoms with Crippen molar-refractivity contribution in [2.24, 2.45) is 29.6 Å². The van der Waals surface area contributed by atoms with Crippen LogP contribution in [-0.2, 0) is 42.7 Å². The summed E-state index contributed by atoms with van der Waals surface area (Å²) < 4.78 is 66.7. The minimum absolute atomic E-state index is 0.0599. The Morgan fingerprint density at radius 2 is 1.47 bits per heavy atom. The number of esters is 1. The number of hydrogen-bond donors (Lipinski definition) is 10. The molecule has 8 rings (SSSR count). The Bertz CT molecular complexity index is 2830. The lowest BCUT2D eigenvalue weighted by Gasteiger charge is -2.50. The lowest BCUT2D eigenvalue weighted by atomic mass is 9.74. The number of aromatic nitrogens is 1. The van der Waals surface area contributed by atoms with Crippen molar-refractivity contribution in [3.63, 3.8) is 0 Å². The van der Waals surface area contributed by atoms with Crippen LogP contribution in [-0.4, -0.2) is 247 Å². The quantitative estimate of drug-likeness (QED) is 0.0607. The lowest BCUT2D eigenvalue weighted by molar-refractivity contribution is -0.319. The third-order valence-corrected chi connectivity index (χ3v) is 21.2. The van der Waals surface area contributed by atoms with Gasteiger partial charge in [0.2, 0.25) is 5.43 Å². The Morgan fingerprint density at radius 3 is 2.00 bits per heavy atom. The number of ether oxygens (including phenoxy) is 8. The first-order chi connectivity index (χ1) is 44.8. The predicted molar refractivity (Wildman–Crippen MR) is 356 cm³/mol. The van der Waals surface area contributed by atoms with E-state index in [-0.39, 0.29) is 79.5 Å². The van der Waals surface area contributed by atoms with Crippen LogP contribution in [0.2, 0.25) is 0 Å². The average molecular weight is 1350 g/mol. The molecule has 0 unspecified atom stereocenters. The zero-order valence-electron chi connectivity index (χ0n) is 59.5. The number of nitrogens with one attached hydrogen (secondary N) is 3. The van der Waals surface area contributed by atoms with Crippen molar-refractivity contribution in [2.45, 2.75) is 256 Å². The number of carbonyl (C=O) groups is 3. The summed E-state index contributed by atoms with van der Waals surface area (Å²) in [5.41, 5.74) is -4.40. The summed E-state index contributed by atoms with van der Waals surface area (Å²) in [6.07, 6.45) is -1.45. The molecule has 25 nitrogen and oxygen atoms in total. The van der Waals surface area contributed by atoms with Crippen LogP contribution in [0.1, 0.15) is 164 Å². The minimum Gasteiger partial charge on any atom is -0.492 e. The minimum atomic E-state index is -1.96. The van der Waals surface area contributed by atoms with Crippen molar-refractivity contribution in [3.05, 3.63) is 33.9 Å². The van der Waals surface area contributed by atoms with Gasteiger partial charge in [-0.1, -0.05) is 41.5 Å². The van der Waals surface area contributed by atoms with E-state index in [2.05, 4.69) is 16.0 Å². The van der Waals surface area contributed by atoms with Crippen molar-refractivity contribution in [3.8, 4) is 5.75 Å². The number of carboxylic acid groups (broad SMARTS) is 1. The highest BCUT2D eigenvalue weighted by atomic mass is 19.1. The van der Waals surface area contributed by atoms with Gasteiger partial charge < -0.3 is 104 Å². The van der Waals surface area contributed by atoms with Crippen LogP contribution in [0.3, 0.4) is 0 Å². The molecule has 6 heterocycles. The molecule has 0 spiro atoms. The number of anilines is 1. The van der Waals surface area contributed by atoms with E-state index in [9.17, 15) is 44.7 Å². The molecule has 95 heavy (non-hydrogen) atoms. The van der Waals surface area contributed by atoms with E-state index in [1.807, 2.05) is 51.6 Å². The van der Waals surface area contributed by atoms with Gasteiger partial charge in [0, 0.05) is 101 Å². The fourth-order valence-electron chi connectivity index (χ4n) is 14.8. The molecule has 2 aromatic rings. The summed E-state index contributed by atoms with van der Waals surface area (Å²) >= 11 is 0. The van der Waals surface area contributed by atoms with Gasteiger partial charge in [-0.15, -0.1) is 0 Å². The van der Waals surface area contributed by atoms with Crippen LogP contribution in [0, 0.1) is 35.4 Å². The zero-order chi connectivity index (χ0) is 70.8. The number of piperidine rings is 1. The maximum Gasteiger partial charge on any atom is 0.341 e. The van der Waals surface area contributed by atoms with Crippen molar-refractivity contribution in [1.29, 1.82) is 0 Å². The normalized spacial score (nSPS) is 36.4. The highest BCUT2D eigenvalue weighted by molar-refractivity contribution is 5.97. The van der Waals surface area contributed by atoms with E-state index in [0.29, 0.717) is 41.9 Å². The van der Waals surface area contributed by atoms with Crippen molar-refractivity contribution >= 4 is 34.3 Å². The van der Waals surface area contributed by atoms with Crippen molar-refractivity contribution < 1.29 is 92.4 Å². The van der Waals surface area contributed by atoms with E-state index in [1.54, 1.807) is 53.0 Å². The number of methoxy groups -OCH3 is 3. The average Bonchev–Trinajstić information content (AvgIpc) is 1.69. The smallest absolute Gasteiger partial charge is 0.341 e. The maximum atomic E-state index is 15.3. The molecular formula is C69H117FN6O19. The molecular weight excluding hydrogens is 1240 g/mol. The van der Waals surface area contributed by atoms with Gasteiger partial charge in [-0.2, -0.15) is 0 Å². The van der Waals surface area contributed by atoms with Crippen molar-refractivity contribution in [1.82, 2.24) is 25.4 Å². The number of cyclic esters (lactones) is 1. The lowest BCUT2D eigenvalue weighted by Crippen LogP contribution is -2.61. The number of likely N-dealkylation sites (N-methyl/N-ethyl adjacent to an activating group) is 1. The number of aliphatic hydroxyl groups is 6. The van der Waals surface area contributed by atoms with E-state index in [1.165, 1.54) is 40.5 Å². The summed E-state index contributed by atoms with van der Waals surface area (Å²) in [4.78, 5) is 56.4. The Hall–Kier alpha value is -4.07. The fraction of sp³-hybridized carbons (Fsp3) is 0.826. The number of Topliss-reactive ketones (excluding diaryl/α,β-unsaturated/α-hetero) is 1. The number of aromatic carboxylic acids is 1. The Morgan fingerprint density at radius 1 is 0.853 bits per heavy atom. The van der Waals surface area contributed by atoms with Gasteiger partial charge in [-0.25, -0.2) is 9.18 Å². The van der Waals surface area contributed by atoms with Gasteiger partial charge in [0.15, 0.2) is 24.1 Å². The molecule has 26 heteroatoms. The number of ketones is 1. The van der Waals surface area contributed by atoms with Gasteiger partial charge in [0.05, 0.1) is 78.9 Å². The maximum absolute atomic E-state index is 15.3. The Balaban J connectivity index is 0.000000274. The van der Waals surface area contributed by atoms with E-state index >= 15 is 4.39 Å². The number of carboxylic acids is 1. The largest absolute Gasteiger partial charge is 0.492 e. The molecule has 6 aliphatic rings. The molecule has 5 aliphatic heterocycles. The van der Waals surface area contributed by atoms with Crippen LogP contribution in [0.4, 0.5) is 10.1 Å². The Labute approximate surface area is 561 Å². The summed E-state index contributed by atoms with van der Waals surface area (Å²) in [6.45, 7) is 25.6. The first-order valence-corrected chi connectivity index (χ1v) is 34.5. The summed E-state index contributed by atoms with van der Waals surface area (Å²) in [7, 11) is 8.24. The molecule has 544 valence electrons. The van der Waals surface area contributed by atoms with Crippen LogP contribution < -0.4 is 31.0 Å². The second-order valence-electron chi connectivity index (χ2n) is 28.4. The van der Waals surface area contributed by atoms with Crippen LogP contribution in [0.5, 0.6) is 5.75 Å². The monoisotopic (exact) mass is 1350 g/mol. The van der Waals surface area contributed by atoms with Crippen LogP contribution in [0.15, 0.2) is 17.1 Å². The number of hydrogen-bond acceptors (Lipinski definition) is 23. The number of aliphatic hydroxyl groups excluding tert-OH is 5. The number of pyridine rings is 1. The number of fused-ring (bicyclic) bond motifs is 2. The molecule has 5 saturated heterocycles. The van der Waals surface area contributed by atoms with Gasteiger partial charge in [-0.05, 0) is 132 Å². The van der Waals surface area contributed by atoms with Gasteiger partial charge in [-0.3, -0.25) is 14.4 Å². The van der Waals surface area contributed by atoms with E-state index in [4.69, 9.17) is 48.1 Å². The molecule has 0 amide bonds.